The number of hydrogen-bond acceptors (Lipinski definition) is 5. The first-order valence-electron chi connectivity index (χ1n) is 8.67. The number of fused-ring (bicyclic) bond motifs is 1. The molecule has 7 nitrogen and oxygen atoms in total. The van der Waals surface area contributed by atoms with Gasteiger partial charge in [-0.25, -0.2) is 4.79 Å². The van der Waals surface area contributed by atoms with Crippen molar-refractivity contribution in [2.24, 2.45) is 0 Å². The van der Waals surface area contributed by atoms with Crippen LogP contribution in [0.15, 0.2) is 36.4 Å². The number of nitrogens with zero attached hydrogens (tertiary/aromatic N) is 3. The van der Waals surface area contributed by atoms with Gasteiger partial charge in [-0.05, 0) is 18.6 Å². The standard InChI is InChI=1S/C19H19N3O4S/c1-12-14-9-16(17(23)21-7-8-26-15(11-21)19(24)25)27-18(14)22(20-12)10-13-5-3-2-4-6-13/h2-6,9,15H,7-8,10-11H2,1H3,(H,24,25). The Labute approximate surface area is 159 Å². The number of ether oxygens (including phenoxy) is 1. The summed E-state index contributed by atoms with van der Waals surface area (Å²) in [7, 11) is 0. The second-order valence-electron chi connectivity index (χ2n) is 6.51. The zero-order valence-electron chi connectivity index (χ0n) is 14.8. The van der Waals surface area contributed by atoms with Gasteiger partial charge in [-0.3, -0.25) is 9.48 Å². The number of aromatic nitrogens is 2. The molecule has 1 aromatic carbocycles. The van der Waals surface area contributed by atoms with Crippen LogP contribution in [0, 0.1) is 6.92 Å². The highest BCUT2D eigenvalue weighted by atomic mass is 32.1. The Kier molecular flexibility index (Phi) is 4.67. The Bertz CT molecular complexity index is 995. The number of carbonyl (C=O) groups is 2. The first-order valence-corrected chi connectivity index (χ1v) is 9.49. The number of carbonyl (C=O) groups excluding carboxylic acids is 1. The van der Waals surface area contributed by atoms with Crippen LogP contribution in [0.2, 0.25) is 0 Å². The Morgan fingerprint density at radius 3 is 2.85 bits per heavy atom. The van der Waals surface area contributed by atoms with E-state index in [4.69, 9.17) is 9.84 Å². The van der Waals surface area contributed by atoms with Gasteiger partial charge in [0.25, 0.3) is 5.91 Å². The van der Waals surface area contributed by atoms with E-state index < -0.39 is 12.1 Å². The molecule has 1 saturated heterocycles. The highest BCUT2D eigenvalue weighted by molar-refractivity contribution is 7.20. The maximum absolute atomic E-state index is 12.9. The minimum absolute atomic E-state index is 0.0670. The zero-order valence-corrected chi connectivity index (χ0v) is 15.6. The average Bonchev–Trinajstić information content (AvgIpc) is 3.24. The van der Waals surface area contributed by atoms with Crippen molar-refractivity contribution in [2.45, 2.75) is 19.6 Å². The SMILES string of the molecule is Cc1nn(Cc2ccccc2)c2sc(C(=O)N3CCOC(C(=O)O)C3)cc12. The molecular formula is C19H19N3O4S. The molecule has 0 radical (unpaired) electrons. The molecule has 140 valence electrons. The zero-order chi connectivity index (χ0) is 19.0. The number of aryl methyl sites for hydroxylation is 1. The smallest absolute Gasteiger partial charge is 0.334 e. The molecule has 1 aliphatic rings. The molecule has 0 aliphatic carbocycles. The van der Waals surface area contributed by atoms with Crippen LogP contribution in [-0.2, 0) is 16.1 Å². The van der Waals surface area contributed by atoms with Crippen molar-refractivity contribution < 1.29 is 19.4 Å². The third kappa shape index (κ3) is 3.45. The van der Waals surface area contributed by atoms with Crippen molar-refractivity contribution in [3.63, 3.8) is 0 Å². The van der Waals surface area contributed by atoms with Gasteiger partial charge in [0.15, 0.2) is 6.10 Å². The number of amides is 1. The molecule has 0 saturated carbocycles. The fourth-order valence-electron chi connectivity index (χ4n) is 3.22. The number of hydrogen-bond donors (Lipinski definition) is 1. The van der Waals surface area contributed by atoms with Crippen molar-refractivity contribution in [3.05, 3.63) is 52.5 Å². The van der Waals surface area contributed by atoms with Crippen LogP contribution in [0.3, 0.4) is 0 Å². The number of morpholine rings is 1. The van der Waals surface area contributed by atoms with Crippen LogP contribution in [0.4, 0.5) is 0 Å². The van der Waals surface area contributed by atoms with Gasteiger partial charge >= 0.3 is 5.97 Å². The maximum Gasteiger partial charge on any atom is 0.334 e. The van der Waals surface area contributed by atoms with Gasteiger partial charge in [-0.1, -0.05) is 30.3 Å². The summed E-state index contributed by atoms with van der Waals surface area (Å²) >= 11 is 1.40. The van der Waals surface area contributed by atoms with Crippen molar-refractivity contribution in [3.8, 4) is 0 Å². The predicted molar refractivity (Wildman–Crippen MR) is 101 cm³/mol. The summed E-state index contributed by atoms with van der Waals surface area (Å²) in [5, 5.41) is 14.7. The summed E-state index contributed by atoms with van der Waals surface area (Å²) in [5.74, 6) is -1.20. The van der Waals surface area contributed by atoms with Crippen LogP contribution in [0.1, 0.15) is 20.9 Å². The molecule has 3 heterocycles. The lowest BCUT2D eigenvalue weighted by molar-refractivity contribution is -0.154. The van der Waals surface area contributed by atoms with E-state index in [0.717, 1.165) is 21.5 Å². The largest absolute Gasteiger partial charge is 0.479 e. The summed E-state index contributed by atoms with van der Waals surface area (Å²) < 4.78 is 7.12. The fourth-order valence-corrected chi connectivity index (χ4v) is 4.35. The number of carboxylic acid groups (broad SMARTS) is 1. The van der Waals surface area contributed by atoms with Crippen molar-refractivity contribution >= 4 is 33.4 Å². The van der Waals surface area contributed by atoms with Crippen molar-refractivity contribution in [2.75, 3.05) is 19.7 Å². The van der Waals surface area contributed by atoms with Gasteiger partial charge in [0, 0.05) is 11.9 Å². The molecule has 1 N–H and O–H groups in total. The van der Waals surface area contributed by atoms with Crippen LogP contribution < -0.4 is 0 Å². The number of aliphatic carboxylic acids is 1. The van der Waals surface area contributed by atoms with Gasteiger partial charge in [-0.2, -0.15) is 5.10 Å². The van der Waals surface area contributed by atoms with E-state index in [0.29, 0.717) is 18.0 Å². The second-order valence-corrected chi connectivity index (χ2v) is 7.54. The minimum Gasteiger partial charge on any atom is -0.479 e. The molecule has 1 fully saturated rings. The van der Waals surface area contributed by atoms with Gasteiger partial charge < -0.3 is 14.7 Å². The van der Waals surface area contributed by atoms with Gasteiger partial charge in [-0.15, -0.1) is 11.3 Å². The Morgan fingerprint density at radius 1 is 1.33 bits per heavy atom. The lowest BCUT2D eigenvalue weighted by atomic mass is 10.2. The summed E-state index contributed by atoms with van der Waals surface area (Å²) in [5.41, 5.74) is 2.02. The molecule has 0 bridgehead atoms. The van der Waals surface area contributed by atoms with E-state index in [1.54, 1.807) is 4.90 Å². The highest BCUT2D eigenvalue weighted by Gasteiger charge is 2.30. The molecule has 0 spiro atoms. The van der Waals surface area contributed by atoms with Gasteiger partial charge in [0.2, 0.25) is 0 Å². The fraction of sp³-hybridized carbons (Fsp3) is 0.316. The normalized spacial score (nSPS) is 17.4. The predicted octanol–water partition coefficient (Wildman–Crippen LogP) is 2.38. The van der Waals surface area contributed by atoms with E-state index >= 15 is 0 Å². The van der Waals surface area contributed by atoms with Gasteiger partial charge in [0.05, 0.1) is 30.3 Å². The van der Waals surface area contributed by atoms with Crippen LogP contribution >= 0.6 is 11.3 Å². The van der Waals surface area contributed by atoms with Gasteiger partial charge in [0.1, 0.15) is 4.83 Å². The molecule has 8 heteroatoms. The highest BCUT2D eigenvalue weighted by Crippen LogP contribution is 2.30. The monoisotopic (exact) mass is 385 g/mol. The number of rotatable bonds is 4. The second kappa shape index (κ2) is 7.13. The maximum atomic E-state index is 12.9. The van der Waals surface area contributed by atoms with E-state index in [1.165, 1.54) is 11.3 Å². The Morgan fingerprint density at radius 2 is 2.11 bits per heavy atom. The third-order valence-electron chi connectivity index (χ3n) is 4.62. The van der Waals surface area contributed by atoms with E-state index in [-0.39, 0.29) is 19.1 Å². The van der Waals surface area contributed by atoms with Crippen LogP contribution in [0.25, 0.3) is 10.2 Å². The average molecular weight is 385 g/mol. The summed E-state index contributed by atoms with van der Waals surface area (Å²) in [4.78, 5) is 27.1. The molecule has 27 heavy (non-hydrogen) atoms. The first kappa shape index (κ1) is 17.7. The van der Waals surface area contributed by atoms with Crippen molar-refractivity contribution in [1.82, 2.24) is 14.7 Å². The van der Waals surface area contributed by atoms with Crippen molar-refractivity contribution in [1.29, 1.82) is 0 Å². The molecule has 1 amide bonds. The molecule has 1 aliphatic heterocycles. The molecule has 2 aromatic heterocycles. The van der Waals surface area contributed by atoms with E-state index in [2.05, 4.69) is 5.10 Å². The van der Waals surface area contributed by atoms with Crippen LogP contribution in [0.5, 0.6) is 0 Å². The molecule has 3 aromatic rings. The van der Waals surface area contributed by atoms with E-state index in [9.17, 15) is 9.59 Å². The summed E-state index contributed by atoms with van der Waals surface area (Å²) in [6.07, 6.45) is -0.965. The number of carboxylic acids is 1. The lowest BCUT2D eigenvalue weighted by Gasteiger charge is -2.30. The minimum atomic E-state index is -1.04. The summed E-state index contributed by atoms with van der Waals surface area (Å²) in [6.45, 7) is 3.26. The topological polar surface area (TPSA) is 84.7 Å². The lowest BCUT2D eigenvalue weighted by Crippen LogP contribution is -2.48. The molecule has 4 rings (SSSR count). The summed E-state index contributed by atoms with van der Waals surface area (Å²) in [6, 6.07) is 11.9. The van der Waals surface area contributed by atoms with Crippen LogP contribution in [-0.4, -0.2) is 57.5 Å². The van der Waals surface area contributed by atoms with E-state index in [1.807, 2.05) is 48.0 Å². The Hall–Kier alpha value is -2.71. The first-order chi connectivity index (χ1) is 13.0. The molecule has 1 atom stereocenters. The number of thiophene rings is 1. The number of benzene rings is 1. The Balaban J connectivity index is 1.60. The quantitative estimate of drug-likeness (QED) is 0.745. The molecule has 1 unspecified atom stereocenters. The third-order valence-corrected chi connectivity index (χ3v) is 5.76. The molecular weight excluding hydrogens is 366 g/mol.